The maximum Gasteiger partial charge on any atom is 0.282 e. The average Bonchev–Trinajstić information content (AvgIpc) is 2.99. The standard InChI is InChI=1S/C25H20ClFN2O3/c1-14-10-15(2)12-16(11-14)28-23-22(18-6-4-5-7-21(18)32-3)24(30)29(25(23)31)17-8-9-20(27)19(26)13-17/h4-13,28H,1-3H3. The van der Waals surface area contributed by atoms with Crippen LogP contribution in [0.1, 0.15) is 16.7 Å². The number of para-hydroxylation sites is 1. The van der Waals surface area contributed by atoms with Crippen molar-refractivity contribution in [3.63, 3.8) is 0 Å². The molecule has 0 fully saturated rings. The number of rotatable bonds is 5. The molecule has 4 rings (SSSR count). The van der Waals surface area contributed by atoms with E-state index in [1.165, 1.54) is 19.2 Å². The van der Waals surface area contributed by atoms with Gasteiger partial charge < -0.3 is 10.1 Å². The molecule has 1 aliphatic rings. The minimum absolute atomic E-state index is 0.102. The van der Waals surface area contributed by atoms with Crippen molar-refractivity contribution in [2.24, 2.45) is 0 Å². The van der Waals surface area contributed by atoms with E-state index in [4.69, 9.17) is 16.3 Å². The van der Waals surface area contributed by atoms with Gasteiger partial charge in [0.1, 0.15) is 17.3 Å². The Labute approximate surface area is 190 Å². The lowest BCUT2D eigenvalue weighted by molar-refractivity contribution is -0.120. The summed E-state index contributed by atoms with van der Waals surface area (Å²) >= 11 is 5.92. The van der Waals surface area contributed by atoms with Gasteiger partial charge in [0.25, 0.3) is 11.8 Å². The van der Waals surface area contributed by atoms with Crippen molar-refractivity contribution >= 4 is 40.4 Å². The van der Waals surface area contributed by atoms with Gasteiger partial charge in [-0.2, -0.15) is 0 Å². The summed E-state index contributed by atoms with van der Waals surface area (Å²) in [6.07, 6.45) is 0. The summed E-state index contributed by atoms with van der Waals surface area (Å²) in [5.74, 6) is -1.32. The molecule has 0 aromatic heterocycles. The predicted molar refractivity (Wildman–Crippen MR) is 123 cm³/mol. The Bertz CT molecular complexity index is 1270. The van der Waals surface area contributed by atoms with Gasteiger partial charge in [-0.15, -0.1) is 0 Å². The molecular formula is C25H20ClFN2O3. The molecule has 32 heavy (non-hydrogen) atoms. The fourth-order valence-electron chi connectivity index (χ4n) is 3.80. The lowest BCUT2D eigenvalue weighted by atomic mass is 10.0. The van der Waals surface area contributed by atoms with Crippen molar-refractivity contribution in [2.45, 2.75) is 13.8 Å². The van der Waals surface area contributed by atoms with Crippen molar-refractivity contribution in [2.75, 3.05) is 17.3 Å². The number of hydrogen-bond acceptors (Lipinski definition) is 4. The third-order valence-electron chi connectivity index (χ3n) is 5.11. The van der Waals surface area contributed by atoms with Crippen LogP contribution in [0.2, 0.25) is 5.02 Å². The molecule has 0 saturated heterocycles. The molecule has 162 valence electrons. The second kappa shape index (κ2) is 8.48. The van der Waals surface area contributed by atoms with E-state index in [9.17, 15) is 14.0 Å². The summed E-state index contributed by atoms with van der Waals surface area (Å²) in [4.78, 5) is 28.0. The van der Waals surface area contributed by atoms with E-state index < -0.39 is 17.6 Å². The second-order valence-corrected chi connectivity index (χ2v) is 7.90. The molecule has 3 aromatic rings. The molecule has 5 nitrogen and oxygen atoms in total. The first-order valence-electron chi connectivity index (χ1n) is 9.87. The first-order chi connectivity index (χ1) is 15.3. The smallest absolute Gasteiger partial charge is 0.282 e. The van der Waals surface area contributed by atoms with Crippen molar-refractivity contribution in [1.29, 1.82) is 0 Å². The Balaban J connectivity index is 1.88. The van der Waals surface area contributed by atoms with Crippen LogP contribution in [0.15, 0.2) is 66.4 Å². The van der Waals surface area contributed by atoms with Crippen LogP contribution in [0.25, 0.3) is 5.57 Å². The molecule has 0 bridgehead atoms. The first kappa shape index (κ1) is 21.6. The van der Waals surface area contributed by atoms with Gasteiger partial charge in [0.05, 0.1) is 23.4 Å². The number of halogens is 2. The monoisotopic (exact) mass is 450 g/mol. The number of nitrogens with zero attached hydrogens (tertiary/aromatic N) is 1. The molecule has 7 heteroatoms. The first-order valence-corrected chi connectivity index (χ1v) is 10.2. The number of imide groups is 1. The molecule has 2 amide bonds. The number of ether oxygens (including phenoxy) is 1. The Hall–Kier alpha value is -3.64. The van der Waals surface area contributed by atoms with E-state index in [2.05, 4.69) is 5.32 Å². The summed E-state index contributed by atoms with van der Waals surface area (Å²) in [6, 6.07) is 16.5. The molecule has 0 radical (unpaired) electrons. The number of nitrogens with one attached hydrogen (secondary N) is 1. The number of carbonyl (C=O) groups excluding carboxylic acids is 2. The van der Waals surface area contributed by atoms with E-state index in [0.29, 0.717) is 17.0 Å². The van der Waals surface area contributed by atoms with Crippen LogP contribution >= 0.6 is 11.6 Å². The van der Waals surface area contributed by atoms with Crippen molar-refractivity contribution in [3.05, 3.63) is 93.9 Å². The summed E-state index contributed by atoms with van der Waals surface area (Å²) in [5.41, 5.74) is 3.59. The number of amides is 2. The lowest BCUT2D eigenvalue weighted by Crippen LogP contribution is -2.32. The molecule has 0 atom stereocenters. The maximum absolute atomic E-state index is 13.7. The molecule has 1 aliphatic heterocycles. The topological polar surface area (TPSA) is 58.6 Å². The highest BCUT2D eigenvalue weighted by atomic mass is 35.5. The largest absolute Gasteiger partial charge is 0.496 e. The Morgan fingerprint density at radius 3 is 2.28 bits per heavy atom. The molecule has 1 heterocycles. The van der Waals surface area contributed by atoms with Crippen LogP contribution in [0.4, 0.5) is 15.8 Å². The summed E-state index contributed by atoms with van der Waals surface area (Å²) in [5, 5.41) is 2.95. The van der Waals surface area contributed by atoms with Crippen molar-refractivity contribution < 1.29 is 18.7 Å². The Kier molecular flexibility index (Phi) is 5.72. The molecular weight excluding hydrogens is 431 g/mol. The molecule has 0 aliphatic carbocycles. The van der Waals surface area contributed by atoms with E-state index in [-0.39, 0.29) is 22.0 Å². The second-order valence-electron chi connectivity index (χ2n) is 7.50. The van der Waals surface area contributed by atoms with Crippen LogP contribution in [0.3, 0.4) is 0 Å². The van der Waals surface area contributed by atoms with Crippen molar-refractivity contribution in [3.8, 4) is 5.75 Å². The van der Waals surface area contributed by atoms with E-state index >= 15 is 0 Å². The number of carbonyl (C=O) groups is 2. The number of aryl methyl sites for hydroxylation is 2. The predicted octanol–water partition coefficient (Wildman–Crippen LogP) is 5.50. The summed E-state index contributed by atoms with van der Waals surface area (Å²) in [7, 11) is 1.50. The van der Waals surface area contributed by atoms with Crippen molar-refractivity contribution in [1.82, 2.24) is 0 Å². The van der Waals surface area contributed by atoms with Gasteiger partial charge in [-0.1, -0.05) is 35.9 Å². The van der Waals surface area contributed by atoms with Crippen LogP contribution in [0, 0.1) is 19.7 Å². The zero-order valence-electron chi connectivity index (χ0n) is 17.7. The molecule has 0 unspecified atom stereocenters. The quantitative estimate of drug-likeness (QED) is 0.521. The van der Waals surface area contributed by atoms with Crippen LogP contribution in [-0.2, 0) is 9.59 Å². The highest BCUT2D eigenvalue weighted by Gasteiger charge is 2.41. The van der Waals surface area contributed by atoms with Gasteiger partial charge >= 0.3 is 0 Å². The molecule has 1 N–H and O–H groups in total. The van der Waals surface area contributed by atoms with Gasteiger partial charge in [-0.25, -0.2) is 9.29 Å². The van der Waals surface area contributed by atoms with Gasteiger partial charge in [-0.05, 0) is 61.4 Å². The fraction of sp³-hybridized carbons (Fsp3) is 0.120. The minimum Gasteiger partial charge on any atom is -0.496 e. The summed E-state index contributed by atoms with van der Waals surface area (Å²) < 4.78 is 19.1. The molecule has 0 spiro atoms. The highest BCUT2D eigenvalue weighted by Crippen LogP contribution is 2.38. The Morgan fingerprint density at radius 1 is 0.938 bits per heavy atom. The molecule has 3 aromatic carbocycles. The third kappa shape index (κ3) is 3.85. The number of hydrogen-bond donors (Lipinski definition) is 1. The summed E-state index contributed by atoms with van der Waals surface area (Å²) in [6.45, 7) is 3.89. The van der Waals surface area contributed by atoms with Crippen LogP contribution < -0.4 is 15.0 Å². The SMILES string of the molecule is COc1ccccc1C1=C(Nc2cc(C)cc(C)c2)C(=O)N(c2ccc(F)c(Cl)c2)C1=O. The lowest BCUT2D eigenvalue weighted by Gasteiger charge is -2.16. The number of anilines is 2. The Morgan fingerprint density at radius 2 is 1.62 bits per heavy atom. The third-order valence-corrected chi connectivity index (χ3v) is 5.40. The van der Waals surface area contributed by atoms with E-state index in [1.807, 2.05) is 32.0 Å². The van der Waals surface area contributed by atoms with Crippen LogP contribution in [-0.4, -0.2) is 18.9 Å². The zero-order chi connectivity index (χ0) is 23.0. The van der Waals surface area contributed by atoms with Crippen LogP contribution in [0.5, 0.6) is 5.75 Å². The maximum atomic E-state index is 13.7. The van der Waals surface area contributed by atoms with Gasteiger partial charge in [0.2, 0.25) is 0 Å². The van der Waals surface area contributed by atoms with E-state index in [0.717, 1.165) is 22.1 Å². The highest BCUT2D eigenvalue weighted by molar-refractivity contribution is 6.46. The molecule has 0 saturated carbocycles. The minimum atomic E-state index is -0.638. The number of methoxy groups -OCH3 is 1. The van der Waals surface area contributed by atoms with E-state index in [1.54, 1.807) is 24.3 Å². The fourth-order valence-corrected chi connectivity index (χ4v) is 3.97. The van der Waals surface area contributed by atoms with Gasteiger partial charge in [0.15, 0.2) is 0 Å². The van der Waals surface area contributed by atoms with Gasteiger partial charge in [-0.3, -0.25) is 9.59 Å². The average molecular weight is 451 g/mol. The van der Waals surface area contributed by atoms with Gasteiger partial charge in [0, 0.05) is 11.3 Å². The normalized spacial score (nSPS) is 13.7. The number of benzene rings is 3. The zero-order valence-corrected chi connectivity index (χ0v) is 18.5.